The maximum absolute atomic E-state index is 13.7. The molecule has 96 valence electrons. The first-order valence-electron chi connectivity index (χ1n) is 5.80. The van der Waals surface area contributed by atoms with Crippen LogP contribution in [0.4, 0.5) is 4.39 Å². The average molecular weight is 249 g/mol. The van der Waals surface area contributed by atoms with E-state index in [-0.39, 0.29) is 11.9 Å². The van der Waals surface area contributed by atoms with Crippen LogP contribution in [0.5, 0.6) is 5.75 Å². The second-order valence-electron chi connectivity index (χ2n) is 4.08. The topological polar surface area (TPSA) is 34.4 Å². The molecule has 3 nitrogen and oxygen atoms in total. The molecule has 0 aliphatic rings. The molecule has 18 heavy (non-hydrogen) atoms. The maximum Gasteiger partial charge on any atom is 0.131 e. The molecule has 0 aliphatic carbocycles. The minimum atomic E-state index is -0.270. The van der Waals surface area contributed by atoms with Crippen molar-refractivity contribution in [2.45, 2.75) is 19.5 Å². The largest absolute Gasteiger partial charge is 0.497 e. The summed E-state index contributed by atoms with van der Waals surface area (Å²) in [7, 11) is 1.52. The van der Waals surface area contributed by atoms with Gasteiger partial charge in [-0.15, -0.1) is 0 Å². The normalized spacial score (nSPS) is 12.4. The van der Waals surface area contributed by atoms with Crippen LogP contribution in [0.1, 0.15) is 24.3 Å². The third-order valence-electron chi connectivity index (χ3n) is 2.83. The second kappa shape index (κ2) is 5.69. The fourth-order valence-corrected chi connectivity index (χ4v) is 1.70. The zero-order valence-electron chi connectivity index (χ0n) is 10.4. The number of hydrogen-bond acceptors (Lipinski definition) is 3. The average Bonchev–Trinajstić information content (AvgIpc) is 2.90. The predicted molar refractivity (Wildman–Crippen MR) is 66.9 cm³/mol. The lowest BCUT2D eigenvalue weighted by molar-refractivity contribution is 0.408. The van der Waals surface area contributed by atoms with Crippen LogP contribution in [-0.2, 0) is 6.54 Å². The monoisotopic (exact) mass is 249 g/mol. The van der Waals surface area contributed by atoms with Gasteiger partial charge in [-0.1, -0.05) is 6.07 Å². The number of halogens is 1. The zero-order chi connectivity index (χ0) is 13.0. The summed E-state index contributed by atoms with van der Waals surface area (Å²) < 4.78 is 23.9. The minimum absolute atomic E-state index is 0.0431. The number of furan rings is 1. The summed E-state index contributed by atoms with van der Waals surface area (Å²) in [4.78, 5) is 0. The molecule has 1 aromatic carbocycles. The SMILES string of the molecule is COc1ccc(CN[C@@H](C)c2ccco2)c(F)c1. The molecule has 0 saturated heterocycles. The first-order chi connectivity index (χ1) is 8.70. The Morgan fingerprint density at radius 3 is 2.83 bits per heavy atom. The van der Waals surface area contributed by atoms with Crippen LogP contribution in [0.15, 0.2) is 41.0 Å². The Labute approximate surface area is 106 Å². The zero-order valence-corrected chi connectivity index (χ0v) is 10.4. The molecule has 0 saturated carbocycles. The molecule has 0 unspecified atom stereocenters. The molecule has 0 aliphatic heterocycles. The number of nitrogens with one attached hydrogen (secondary N) is 1. The summed E-state index contributed by atoms with van der Waals surface area (Å²) in [5, 5.41) is 3.21. The first kappa shape index (κ1) is 12.6. The number of ether oxygens (including phenoxy) is 1. The number of rotatable bonds is 5. The molecule has 2 aromatic rings. The van der Waals surface area contributed by atoms with Crippen molar-refractivity contribution in [3.05, 3.63) is 53.7 Å². The third kappa shape index (κ3) is 2.90. The van der Waals surface area contributed by atoms with Crippen molar-refractivity contribution in [1.82, 2.24) is 5.32 Å². The van der Waals surface area contributed by atoms with Crippen LogP contribution in [0.3, 0.4) is 0 Å². The standard InChI is InChI=1S/C14H16FNO2/c1-10(14-4-3-7-18-14)16-9-11-5-6-12(17-2)8-13(11)15/h3-8,10,16H,9H2,1-2H3/t10-/m0/s1. The van der Waals surface area contributed by atoms with Gasteiger partial charge in [-0.2, -0.15) is 0 Å². The molecule has 1 aromatic heterocycles. The fourth-order valence-electron chi connectivity index (χ4n) is 1.70. The first-order valence-corrected chi connectivity index (χ1v) is 5.80. The van der Waals surface area contributed by atoms with E-state index in [9.17, 15) is 4.39 Å². The molecular formula is C14H16FNO2. The molecule has 1 atom stereocenters. The molecule has 4 heteroatoms. The van der Waals surface area contributed by atoms with E-state index in [0.717, 1.165) is 5.76 Å². The van der Waals surface area contributed by atoms with Gasteiger partial charge in [-0.3, -0.25) is 0 Å². The number of hydrogen-bond donors (Lipinski definition) is 1. The van der Waals surface area contributed by atoms with Crippen LogP contribution in [-0.4, -0.2) is 7.11 Å². The Morgan fingerprint density at radius 1 is 1.39 bits per heavy atom. The molecule has 1 heterocycles. The Kier molecular flexibility index (Phi) is 3.99. The van der Waals surface area contributed by atoms with Crippen LogP contribution in [0, 0.1) is 5.82 Å². The molecule has 0 radical (unpaired) electrons. The van der Waals surface area contributed by atoms with Gasteiger partial charge in [0.05, 0.1) is 19.4 Å². The summed E-state index contributed by atoms with van der Waals surface area (Å²) in [6.45, 7) is 2.41. The minimum Gasteiger partial charge on any atom is -0.497 e. The van der Waals surface area contributed by atoms with E-state index < -0.39 is 0 Å². The molecule has 0 bridgehead atoms. The van der Waals surface area contributed by atoms with Crippen LogP contribution >= 0.6 is 0 Å². The van der Waals surface area contributed by atoms with E-state index in [4.69, 9.17) is 9.15 Å². The van der Waals surface area contributed by atoms with E-state index >= 15 is 0 Å². The smallest absolute Gasteiger partial charge is 0.131 e. The van der Waals surface area contributed by atoms with Crippen LogP contribution < -0.4 is 10.1 Å². The molecule has 0 spiro atoms. The van der Waals surface area contributed by atoms with Gasteiger partial charge in [-0.25, -0.2) is 4.39 Å². The second-order valence-corrected chi connectivity index (χ2v) is 4.08. The summed E-state index contributed by atoms with van der Waals surface area (Å²) in [6, 6.07) is 8.62. The van der Waals surface area contributed by atoms with Crippen LogP contribution in [0.2, 0.25) is 0 Å². The maximum atomic E-state index is 13.7. The van der Waals surface area contributed by atoms with Gasteiger partial charge in [0.1, 0.15) is 17.3 Å². The Bertz CT molecular complexity index is 497. The van der Waals surface area contributed by atoms with Gasteiger partial charge >= 0.3 is 0 Å². The molecule has 0 fully saturated rings. The van der Waals surface area contributed by atoms with E-state index in [1.54, 1.807) is 18.4 Å². The molecular weight excluding hydrogens is 233 g/mol. The predicted octanol–water partition coefficient (Wildman–Crippen LogP) is 3.28. The summed E-state index contributed by atoms with van der Waals surface area (Å²) in [6.07, 6.45) is 1.63. The highest BCUT2D eigenvalue weighted by molar-refractivity contribution is 5.28. The van der Waals surface area contributed by atoms with Crippen molar-refractivity contribution < 1.29 is 13.5 Å². The van der Waals surface area contributed by atoms with E-state index in [0.29, 0.717) is 17.9 Å². The van der Waals surface area contributed by atoms with Crippen molar-refractivity contribution in [3.63, 3.8) is 0 Å². The van der Waals surface area contributed by atoms with Crippen molar-refractivity contribution in [2.75, 3.05) is 7.11 Å². The van der Waals surface area contributed by atoms with Gasteiger partial charge in [0, 0.05) is 18.2 Å². The van der Waals surface area contributed by atoms with Crippen molar-refractivity contribution in [3.8, 4) is 5.75 Å². The van der Waals surface area contributed by atoms with Gasteiger partial charge in [0.25, 0.3) is 0 Å². The summed E-state index contributed by atoms with van der Waals surface area (Å²) in [5.41, 5.74) is 0.606. The Morgan fingerprint density at radius 2 is 2.22 bits per heavy atom. The quantitative estimate of drug-likeness (QED) is 0.883. The van der Waals surface area contributed by atoms with E-state index in [1.807, 2.05) is 19.1 Å². The summed E-state index contributed by atoms with van der Waals surface area (Å²) in [5.74, 6) is 1.09. The highest BCUT2D eigenvalue weighted by Crippen LogP contribution is 2.18. The number of benzene rings is 1. The highest BCUT2D eigenvalue weighted by atomic mass is 19.1. The van der Waals surface area contributed by atoms with Gasteiger partial charge in [-0.05, 0) is 25.1 Å². The van der Waals surface area contributed by atoms with E-state index in [2.05, 4.69) is 5.32 Å². The third-order valence-corrected chi connectivity index (χ3v) is 2.83. The molecule has 0 amide bonds. The van der Waals surface area contributed by atoms with Crippen LogP contribution in [0.25, 0.3) is 0 Å². The molecule has 2 rings (SSSR count). The van der Waals surface area contributed by atoms with Crippen molar-refractivity contribution in [2.24, 2.45) is 0 Å². The van der Waals surface area contributed by atoms with Crippen molar-refractivity contribution in [1.29, 1.82) is 0 Å². The van der Waals surface area contributed by atoms with Gasteiger partial charge in [0.15, 0.2) is 0 Å². The summed E-state index contributed by atoms with van der Waals surface area (Å²) >= 11 is 0. The lowest BCUT2D eigenvalue weighted by Crippen LogP contribution is -2.18. The van der Waals surface area contributed by atoms with E-state index in [1.165, 1.54) is 13.2 Å². The number of methoxy groups -OCH3 is 1. The fraction of sp³-hybridized carbons (Fsp3) is 0.286. The molecule has 1 N–H and O–H groups in total. The van der Waals surface area contributed by atoms with Crippen molar-refractivity contribution >= 4 is 0 Å². The lowest BCUT2D eigenvalue weighted by Gasteiger charge is -2.12. The van der Waals surface area contributed by atoms with Gasteiger partial charge in [0.2, 0.25) is 0 Å². The van der Waals surface area contributed by atoms with Gasteiger partial charge < -0.3 is 14.5 Å². The Hall–Kier alpha value is -1.81. The highest BCUT2D eigenvalue weighted by Gasteiger charge is 2.09. The Balaban J connectivity index is 1.98. The lowest BCUT2D eigenvalue weighted by atomic mass is 10.2.